The van der Waals surface area contributed by atoms with Crippen molar-refractivity contribution in [3.8, 4) is 0 Å². The SMILES string of the molecule is CCC(C)C(NC(=O)C(CCSC)NC(=O)CNC(=O)C(N)CO)C(=O)O. The highest BCUT2D eigenvalue weighted by Crippen LogP contribution is 2.09. The van der Waals surface area contributed by atoms with E-state index in [0.29, 0.717) is 18.6 Å². The molecule has 0 radical (unpaired) electrons. The highest BCUT2D eigenvalue weighted by molar-refractivity contribution is 7.98. The van der Waals surface area contributed by atoms with Crippen LogP contribution in [0.4, 0.5) is 0 Å². The molecule has 0 aromatic heterocycles. The Morgan fingerprint density at radius 3 is 2.26 bits per heavy atom. The van der Waals surface area contributed by atoms with Gasteiger partial charge in [-0.25, -0.2) is 4.79 Å². The lowest BCUT2D eigenvalue weighted by Crippen LogP contribution is -2.55. The van der Waals surface area contributed by atoms with Crippen LogP contribution in [0.5, 0.6) is 0 Å². The largest absolute Gasteiger partial charge is 0.480 e. The molecular formula is C16H30N4O6S. The number of carbonyl (C=O) groups excluding carboxylic acids is 3. The normalized spacial score (nSPS) is 15.1. The fourth-order valence-corrected chi connectivity index (χ4v) is 2.54. The Kier molecular flexibility index (Phi) is 12.4. The van der Waals surface area contributed by atoms with Crippen molar-refractivity contribution in [2.75, 3.05) is 25.2 Å². The van der Waals surface area contributed by atoms with E-state index in [9.17, 15) is 24.3 Å². The minimum absolute atomic E-state index is 0.275. The van der Waals surface area contributed by atoms with Crippen molar-refractivity contribution < 1.29 is 29.4 Å². The minimum atomic E-state index is -1.14. The molecule has 0 aromatic rings. The van der Waals surface area contributed by atoms with Crippen molar-refractivity contribution in [1.29, 1.82) is 0 Å². The second-order valence-electron chi connectivity index (χ2n) is 6.12. The first-order valence-corrected chi connectivity index (χ1v) is 10.0. The van der Waals surface area contributed by atoms with Crippen LogP contribution >= 0.6 is 11.8 Å². The molecule has 0 bridgehead atoms. The molecule has 27 heavy (non-hydrogen) atoms. The molecule has 4 unspecified atom stereocenters. The van der Waals surface area contributed by atoms with Crippen molar-refractivity contribution in [3.05, 3.63) is 0 Å². The number of nitrogens with one attached hydrogen (secondary N) is 3. The maximum Gasteiger partial charge on any atom is 0.326 e. The number of hydrogen-bond donors (Lipinski definition) is 6. The molecule has 0 heterocycles. The van der Waals surface area contributed by atoms with E-state index in [1.807, 2.05) is 13.2 Å². The molecule has 11 heteroatoms. The third kappa shape index (κ3) is 9.59. The quantitative estimate of drug-likeness (QED) is 0.210. The predicted molar refractivity (Wildman–Crippen MR) is 102 cm³/mol. The zero-order chi connectivity index (χ0) is 21.0. The average molecular weight is 407 g/mol. The highest BCUT2D eigenvalue weighted by atomic mass is 32.2. The number of rotatable bonds is 13. The molecule has 0 aromatic carbocycles. The average Bonchev–Trinajstić information content (AvgIpc) is 2.65. The van der Waals surface area contributed by atoms with E-state index in [4.69, 9.17) is 10.8 Å². The van der Waals surface area contributed by atoms with Crippen LogP contribution < -0.4 is 21.7 Å². The summed E-state index contributed by atoms with van der Waals surface area (Å²) in [4.78, 5) is 47.3. The second-order valence-corrected chi connectivity index (χ2v) is 7.10. The summed E-state index contributed by atoms with van der Waals surface area (Å²) in [6, 6.07) is -3.13. The van der Waals surface area contributed by atoms with E-state index in [1.54, 1.807) is 6.92 Å². The molecule has 0 fully saturated rings. The van der Waals surface area contributed by atoms with Gasteiger partial charge in [0.1, 0.15) is 18.1 Å². The lowest BCUT2D eigenvalue weighted by atomic mass is 9.99. The number of aliphatic carboxylic acids is 1. The maximum absolute atomic E-state index is 12.5. The van der Waals surface area contributed by atoms with Crippen molar-refractivity contribution >= 4 is 35.5 Å². The topological polar surface area (TPSA) is 171 Å². The molecule has 0 aliphatic rings. The molecule has 7 N–H and O–H groups in total. The van der Waals surface area contributed by atoms with Crippen LogP contribution in [-0.2, 0) is 19.2 Å². The molecular weight excluding hydrogens is 376 g/mol. The summed E-state index contributed by atoms with van der Waals surface area (Å²) in [7, 11) is 0. The van der Waals surface area contributed by atoms with E-state index in [0.717, 1.165) is 0 Å². The summed E-state index contributed by atoms with van der Waals surface area (Å²) in [6.07, 6.45) is 2.71. The smallest absolute Gasteiger partial charge is 0.326 e. The number of nitrogens with two attached hydrogens (primary N) is 1. The third-order valence-electron chi connectivity index (χ3n) is 4.00. The van der Waals surface area contributed by atoms with Gasteiger partial charge in [-0.2, -0.15) is 11.8 Å². The van der Waals surface area contributed by atoms with Crippen LogP contribution in [0.15, 0.2) is 0 Å². The zero-order valence-electron chi connectivity index (χ0n) is 15.9. The fraction of sp³-hybridized carbons (Fsp3) is 0.750. The van der Waals surface area contributed by atoms with Gasteiger partial charge in [0.25, 0.3) is 0 Å². The van der Waals surface area contributed by atoms with Gasteiger partial charge in [0, 0.05) is 0 Å². The number of carbonyl (C=O) groups is 4. The molecule has 156 valence electrons. The lowest BCUT2D eigenvalue weighted by molar-refractivity contribution is -0.143. The molecule has 0 spiro atoms. The van der Waals surface area contributed by atoms with Crippen LogP contribution in [0.3, 0.4) is 0 Å². The standard InChI is InChI=1S/C16H30N4O6S/c1-4-9(2)13(16(25)26)20-15(24)11(5-6-27-3)19-12(22)7-18-14(23)10(17)8-21/h9-11,13,21H,4-8,17H2,1-3H3,(H,18,23)(H,19,22)(H,20,24)(H,25,26). The summed E-state index contributed by atoms with van der Waals surface area (Å²) in [5.41, 5.74) is 5.33. The first kappa shape index (κ1) is 25.1. The van der Waals surface area contributed by atoms with Gasteiger partial charge in [0.05, 0.1) is 13.2 Å². The van der Waals surface area contributed by atoms with Crippen LogP contribution in [-0.4, -0.2) is 77.2 Å². The molecule has 0 aliphatic heterocycles. The van der Waals surface area contributed by atoms with Gasteiger partial charge in [-0.3, -0.25) is 14.4 Å². The first-order chi connectivity index (χ1) is 12.7. The number of thioether (sulfide) groups is 1. The van der Waals surface area contributed by atoms with Crippen LogP contribution in [0.2, 0.25) is 0 Å². The maximum atomic E-state index is 12.5. The van der Waals surface area contributed by atoms with Gasteiger partial charge in [-0.05, 0) is 24.3 Å². The zero-order valence-corrected chi connectivity index (χ0v) is 16.7. The Morgan fingerprint density at radius 2 is 1.78 bits per heavy atom. The minimum Gasteiger partial charge on any atom is -0.480 e. The predicted octanol–water partition coefficient (Wildman–Crippen LogP) is -1.72. The van der Waals surface area contributed by atoms with Gasteiger partial charge in [-0.1, -0.05) is 20.3 Å². The molecule has 0 saturated carbocycles. The van der Waals surface area contributed by atoms with Gasteiger partial charge >= 0.3 is 5.97 Å². The van der Waals surface area contributed by atoms with Crippen molar-refractivity contribution in [2.24, 2.45) is 11.7 Å². The summed E-state index contributed by atoms with van der Waals surface area (Å²) < 4.78 is 0. The Hall–Kier alpha value is -1.85. The molecule has 0 saturated heterocycles. The Morgan fingerprint density at radius 1 is 1.15 bits per heavy atom. The third-order valence-corrected chi connectivity index (χ3v) is 4.64. The van der Waals surface area contributed by atoms with E-state index >= 15 is 0 Å². The van der Waals surface area contributed by atoms with Crippen molar-refractivity contribution in [3.63, 3.8) is 0 Å². The van der Waals surface area contributed by atoms with Gasteiger partial charge < -0.3 is 31.9 Å². The van der Waals surface area contributed by atoms with Crippen LogP contribution in [0.1, 0.15) is 26.7 Å². The van der Waals surface area contributed by atoms with Crippen LogP contribution in [0.25, 0.3) is 0 Å². The molecule has 10 nitrogen and oxygen atoms in total. The number of carboxylic acids is 1. The monoisotopic (exact) mass is 406 g/mol. The Balaban J connectivity index is 4.89. The number of aliphatic hydroxyl groups excluding tert-OH is 1. The van der Waals surface area contributed by atoms with Crippen molar-refractivity contribution in [1.82, 2.24) is 16.0 Å². The van der Waals surface area contributed by atoms with Crippen LogP contribution in [0, 0.1) is 5.92 Å². The summed E-state index contributed by atoms with van der Waals surface area (Å²) >= 11 is 1.47. The number of carboxylic acid groups (broad SMARTS) is 1. The molecule has 0 aliphatic carbocycles. The molecule has 0 rings (SSSR count). The Bertz CT molecular complexity index is 519. The van der Waals surface area contributed by atoms with Gasteiger partial charge in [-0.15, -0.1) is 0 Å². The molecule has 3 amide bonds. The number of amides is 3. The second kappa shape index (κ2) is 13.3. The summed E-state index contributed by atoms with van der Waals surface area (Å²) in [5, 5.41) is 25.3. The fourth-order valence-electron chi connectivity index (χ4n) is 2.07. The Labute approximate surface area is 163 Å². The summed E-state index contributed by atoms with van der Waals surface area (Å²) in [6.45, 7) is 2.57. The van der Waals surface area contributed by atoms with Crippen molar-refractivity contribution in [2.45, 2.75) is 44.8 Å². The van der Waals surface area contributed by atoms with Gasteiger partial charge in [0.2, 0.25) is 17.7 Å². The lowest BCUT2D eigenvalue weighted by Gasteiger charge is -2.24. The number of aliphatic hydroxyl groups is 1. The number of hydrogen-bond acceptors (Lipinski definition) is 7. The summed E-state index contributed by atoms with van der Waals surface area (Å²) in [5.74, 6) is -2.75. The van der Waals surface area contributed by atoms with E-state index in [-0.39, 0.29) is 5.92 Å². The first-order valence-electron chi connectivity index (χ1n) is 8.63. The van der Waals surface area contributed by atoms with Gasteiger partial charge in [0.15, 0.2) is 0 Å². The molecule has 4 atom stereocenters. The highest BCUT2D eigenvalue weighted by Gasteiger charge is 2.29. The van der Waals surface area contributed by atoms with E-state index < -0.39 is 55.0 Å². The van der Waals surface area contributed by atoms with E-state index in [1.165, 1.54) is 11.8 Å². The van der Waals surface area contributed by atoms with E-state index in [2.05, 4.69) is 16.0 Å².